The average molecular weight is 315 g/mol. The highest BCUT2D eigenvalue weighted by molar-refractivity contribution is 9.10. The summed E-state index contributed by atoms with van der Waals surface area (Å²) in [5.74, 6) is 0.125. The first-order chi connectivity index (χ1) is 9.16. The van der Waals surface area contributed by atoms with Crippen molar-refractivity contribution in [3.05, 3.63) is 69.2 Å². The summed E-state index contributed by atoms with van der Waals surface area (Å²) in [7, 11) is 0. The molecule has 0 fully saturated rings. The molecule has 0 N–H and O–H groups in total. The molecule has 0 spiro atoms. The lowest BCUT2D eigenvalue weighted by molar-refractivity contribution is 0.0993. The Kier molecular flexibility index (Phi) is 3.07. The second-order valence-electron chi connectivity index (χ2n) is 4.59. The molecule has 0 saturated heterocycles. The Hall–Kier alpha value is -1.74. The second kappa shape index (κ2) is 4.74. The van der Waals surface area contributed by atoms with E-state index < -0.39 is 0 Å². The van der Waals surface area contributed by atoms with E-state index in [0.717, 1.165) is 10.0 Å². The molecule has 0 bridgehead atoms. The van der Waals surface area contributed by atoms with Gasteiger partial charge >= 0.3 is 0 Å². The van der Waals surface area contributed by atoms with Crippen LogP contribution in [0.1, 0.15) is 38.3 Å². The van der Waals surface area contributed by atoms with Gasteiger partial charge in [0.05, 0.1) is 0 Å². The van der Waals surface area contributed by atoms with Crippen LogP contribution >= 0.6 is 15.9 Å². The Morgan fingerprint density at radius 2 is 1.74 bits per heavy atom. The highest BCUT2D eigenvalue weighted by Gasteiger charge is 2.24. The third-order valence-corrected chi connectivity index (χ3v) is 3.96. The van der Waals surface area contributed by atoms with Gasteiger partial charge in [-0.15, -0.1) is 0 Å². The van der Waals surface area contributed by atoms with Gasteiger partial charge in [0.1, 0.15) is 0 Å². The molecule has 0 amide bonds. The molecule has 0 unspecified atom stereocenters. The quantitative estimate of drug-likeness (QED) is 0.790. The molecule has 0 radical (unpaired) electrons. The number of halogens is 1. The monoisotopic (exact) mass is 314 g/mol. The lowest BCUT2D eigenvalue weighted by atomic mass is 9.96. The van der Waals surface area contributed by atoms with Crippen molar-refractivity contribution in [1.29, 1.82) is 0 Å². The maximum absolute atomic E-state index is 12.5. The van der Waals surface area contributed by atoms with Gasteiger partial charge in [0.25, 0.3) is 0 Å². The van der Waals surface area contributed by atoms with Crippen molar-refractivity contribution >= 4 is 27.5 Å². The molecule has 3 heteroatoms. The maximum atomic E-state index is 12.5. The Bertz CT molecular complexity index is 672. The molecule has 1 aliphatic rings. The predicted molar refractivity (Wildman–Crippen MR) is 76.7 cm³/mol. The molecule has 19 heavy (non-hydrogen) atoms. The standard InChI is InChI=1S/C16H11BrO2/c17-11-6-4-10(5-7-11)16(19)14-3-1-2-13-12(14)8-9-15(13)18/h1-7H,8-9H2. The molecule has 0 heterocycles. The van der Waals surface area contributed by atoms with Gasteiger partial charge in [-0.1, -0.05) is 34.1 Å². The van der Waals surface area contributed by atoms with Crippen LogP contribution in [0.5, 0.6) is 0 Å². The van der Waals surface area contributed by atoms with Gasteiger partial charge in [0, 0.05) is 27.6 Å². The Balaban J connectivity index is 2.06. The van der Waals surface area contributed by atoms with Crippen molar-refractivity contribution in [2.75, 3.05) is 0 Å². The summed E-state index contributed by atoms with van der Waals surface area (Å²) in [6.07, 6.45) is 1.19. The molecule has 94 valence electrons. The number of Topliss-reactive ketones (excluding diaryl/α,β-unsaturated/α-hetero) is 1. The van der Waals surface area contributed by atoms with Crippen LogP contribution in [0.2, 0.25) is 0 Å². The fraction of sp³-hybridized carbons (Fsp3) is 0.125. The van der Waals surface area contributed by atoms with Crippen LogP contribution < -0.4 is 0 Å². The van der Waals surface area contributed by atoms with Crippen molar-refractivity contribution in [3.8, 4) is 0 Å². The first-order valence-corrected chi connectivity index (χ1v) is 6.91. The topological polar surface area (TPSA) is 34.1 Å². The van der Waals surface area contributed by atoms with E-state index in [4.69, 9.17) is 0 Å². The summed E-state index contributed by atoms with van der Waals surface area (Å²) in [4.78, 5) is 24.2. The van der Waals surface area contributed by atoms with Crippen LogP contribution in [0.4, 0.5) is 0 Å². The van der Waals surface area contributed by atoms with Crippen LogP contribution in [0.3, 0.4) is 0 Å². The largest absolute Gasteiger partial charge is 0.294 e. The molecule has 2 nitrogen and oxygen atoms in total. The zero-order chi connectivity index (χ0) is 13.4. The number of ketones is 2. The number of hydrogen-bond donors (Lipinski definition) is 0. The fourth-order valence-electron chi connectivity index (χ4n) is 2.46. The zero-order valence-corrected chi connectivity index (χ0v) is 11.7. The van der Waals surface area contributed by atoms with Crippen LogP contribution in [-0.4, -0.2) is 11.6 Å². The third kappa shape index (κ3) is 2.15. The summed E-state index contributed by atoms with van der Waals surface area (Å²) >= 11 is 3.35. The molecule has 0 saturated carbocycles. The van der Waals surface area contributed by atoms with Gasteiger partial charge in [-0.25, -0.2) is 0 Å². The van der Waals surface area contributed by atoms with E-state index in [-0.39, 0.29) is 11.6 Å². The molecule has 1 aliphatic carbocycles. The zero-order valence-electron chi connectivity index (χ0n) is 10.2. The second-order valence-corrected chi connectivity index (χ2v) is 5.51. The molecule has 2 aromatic carbocycles. The van der Waals surface area contributed by atoms with Gasteiger partial charge < -0.3 is 0 Å². The van der Waals surface area contributed by atoms with E-state index in [1.165, 1.54) is 0 Å². The molecule has 3 rings (SSSR count). The SMILES string of the molecule is O=C1CCc2c1cccc2C(=O)c1ccc(Br)cc1. The summed E-state index contributed by atoms with van der Waals surface area (Å²) in [5, 5.41) is 0. The van der Waals surface area contributed by atoms with E-state index in [9.17, 15) is 9.59 Å². The number of fused-ring (bicyclic) bond motifs is 1. The molecule has 2 aromatic rings. The molecule has 0 atom stereocenters. The van der Waals surface area contributed by atoms with E-state index in [2.05, 4.69) is 15.9 Å². The van der Waals surface area contributed by atoms with Crippen LogP contribution in [0.15, 0.2) is 46.9 Å². The van der Waals surface area contributed by atoms with Crippen molar-refractivity contribution in [1.82, 2.24) is 0 Å². The van der Waals surface area contributed by atoms with E-state index in [1.807, 2.05) is 24.3 Å². The molecular weight excluding hydrogens is 304 g/mol. The van der Waals surface area contributed by atoms with Crippen molar-refractivity contribution in [2.45, 2.75) is 12.8 Å². The Labute approximate surface area is 119 Å². The van der Waals surface area contributed by atoms with E-state index >= 15 is 0 Å². The van der Waals surface area contributed by atoms with Crippen LogP contribution in [0, 0.1) is 0 Å². The maximum Gasteiger partial charge on any atom is 0.193 e. The average Bonchev–Trinajstić information content (AvgIpc) is 2.81. The lowest BCUT2D eigenvalue weighted by Crippen LogP contribution is -2.05. The number of benzene rings is 2. The summed E-state index contributed by atoms with van der Waals surface area (Å²) in [6, 6.07) is 12.7. The van der Waals surface area contributed by atoms with Gasteiger partial charge in [0.2, 0.25) is 0 Å². The number of carbonyl (C=O) groups excluding carboxylic acids is 2. The Morgan fingerprint density at radius 1 is 1.00 bits per heavy atom. The third-order valence-electron chi connectivity index (χ3n) is 3.43. The first kappa shape index (κ1) is 12.3. The number of carbonyl (C=O) groups is 2. The smallest absolute Gasteiger partial charge is 0.193 e. The predicted octanol–water partition coefficient (Wildman–Crippen LogP) is 3.81. The van der Waals surface area contributed by atoms with Gasteiger partial charge in [-0.2, -0.15) is 0 Å². The minimum absolute atomic E-state index is 0.0148. The summed E-state index contributed by atoms with van der Waals surface area (Å²) < 4.78 is 0.942. The Morgan fingerprint density at radius 3 is 2.47 bits per heavy atom. The highest BCUT2D eigenvalue weighted by atomic mass is 79.9. The highest BCUT2D eigenvalue weighted by Crippen LogP contribution is 2.27. The first-order valence-electron chi connectivity index (χ1n) is 6.12. The van der Waals surface area contributed by atoms with Crippen molar-refractivity contribution < 1.29 is 9.59 Å². The van der Waals surface area contributed by atoms with Gasteiger partial charge in [-0.05, 0) is 36.2 Å². The fourth-order valence-corrected chi connectivity index (χ4v) is 2.72. The molecule has 0 aliphatic heterocycles. The molecular formula is C16H11BrO2. The summed E-state index contributed by atoms with van der Waals surface area (Å²) in [5.41, 5.74) is 2.92. The number of hydrogen-bond acceptors (Lipinski definition) is 2. The van der Waals surface area contributed by atoms with Crippen LogP contribution in [-0.2, 0) is 6.42 Å². The van der Waals surface area contributed by atoms with E-state index in [1.54, 1.807) is 18.2 Å². The van der Waals surface area contributed by atoms with Gasteiger partial charge in [-0.3, -0.25) is 9.59 Å². The minimum Gasteiger partial charge on any atom is -0.294 e. The normalized spacial score (nSPS) is 13.4. The van der Waals surface area contributed by atoms with Crippen molar-refractivity contribution in [2.24, 2.45) is 0 Å². The summed E-state index contributed by atoms with van der Waals surface area (Å²) in [6.45, 7) is 0. The number of rotatable bonds is 2. The van der Waals surface area contributed by atoms with Crippen LogP contribution in [0.25, 0.3) is 0 Å². The lowest BCUT2D eigenvalue weighted by Gasteiger charge is -2.07. The van der Waals surface area contributed by atoms with Crippen molar-refractivity contribution in [3.63, 3.8) is 0 Å². The van der Waals surface area contributed by atoms with Gasteiger partial charge in [0.15, 0.2) is 11.6 Å². The minimum atomic E-state index is -0.0148. The van der Waals surface area contributed by atoms with E-state index in [0.29, 0.717) is 29.5 Å². The molecule has 0 aromatic heterocycles.